The number of amides is 6. The zero-order chi connectivity index (χ0) is 35.1. The number of benzene rings is 1. The molecule has 0 saturated carbocycles. The first-order valence-corrected chi connectivity index (χ1v) is 16.2. The number of alkyl carbamates (subject to hydrolysis) is 1. The molecule has 0 aliphatic carbocycles. The predicted octanol–water partition coefficient (Wildman–Crippen LogP) is 0.957. The highest BCUT2D eigenvalue weighted by Crippen LogP contribution is 2.21. The Kier molecular flexibility index (Phi) is 15.8. The summed E-state index contributed by atoms with van der Waals surface area (Å²) >= 11 is 0. The maximum Gasteiger partial charge on any atom is 0.407 e. The molecule has 0 aromatic heterocycles. The molecule has 3 unspecified atom stereocenters. The van der Waals surface area contributed by atoms with Crippen molar-refractivity contribution in [1.29, 1.82) is 0 Å². The maximum absolute atomic E-state index is 13.5. The number of ether oxygens (including phenoxy) is 1. The number of nitrogens with two attached hydrogens (primary N) is 1. The van der Waals surface area contributed by atoms with Crippen molar-refractivity contribution in [1.82, 2.24) is 26.2 Å². The first-order valence-electron chi connectivity index (χ1n) is 16.2. The maximum atomic E-state index is 13.5. The van der Waals surface area contributed by atoms with E-state index in [9.17, 15) is 33.6 Å². The normalized spacial score (nSPS) is 16.1. The number of nitrogens with zero attached hydrogens (tertiary/aromatic N) is 1. The van der Waals surface area contributed by atoms with Crippen LogP contribution in [0.2, 0.25) is 0 Å². The molecule has 1 heterocycles. The van der Waals surface area contributed by atoms with Crippen LogP contribution in [0.5, 0.6) is 0 Å². The van der Waals surface area contributed by atoms with Crippen molar-refractivity contribution in [2.24, 2.45) is 17.6 Å². The summed E-state index contributed by atoms with van der Waals surface area (Å²) in [6.45, 7) is 8.97. The quantitative estimate of drug-likeness (QED) is 0.143. The predicted molar refractivity (Wildman–Crippen MR) is 173 cm³/mol. The number of likely N-dealkylation sites (tertiary alicyclic amines) is 1. The molecule has 1 saturated heterocycles. The van der Waals surface area contributed by atoms with E-state index in [4.69, 9.17) is 10.5 Å². The van der Waals surface area contributed by atoms with Gasteiger partial charge >= 0.3 is 6.09 Å². The number of hydrogen-bond acceptors (Lipinski definition) is 8. The topological polar surface area (TPSA) is 206 Å². The van der Waals surface area contributed by atoms with Crippen molar-refractivity contribution in [2.45, 2.75) is 97.3 Å². The number of carbonyl (C=O) groups excluding carboxylic acids is 7. The number of carbonyl (C=O) groups is 7. The van der Waals surface area contributed by atoms with Gasteiger partial charge in [-0.15, -0.1) is 0 Å². The van der Waals surface area contributed by atoms with E-state index in [-0.39, 0.29) is 37.8 Å². The standard InChI is InChI=1S/C33H50N6O8/c1-6-11-23(28(41)31(44)35-18-26(40)36-24(29(34)42)16-15-22-12-8-7-9-13-22)37-30(43)25-14-10-17-39(25)32(45)27(21(4)5)38-33(46)47-19-20(2)3/h7-9,12-13,20-21,23-25,27H,6,10-11,14-19H2,1-5H3,(H2,34,42)(H,35,44)(H,36,40)(H,37,43)(H,38,46)/t23?,24?,25-,27?/m0/s1. The average Bonchev–Trinajstić information content (AvgIpc) is 3.53. The molecule has 260 valence electrons. The Morgan fingerprint density at radius 3 is 2.21 bits per heavy atom. The molecule has 1 aliphatic heterocycles. The van der Waals surface area contributed by atoms with E-state index >= 15 is 0 Å². The Morgan fingerprint density at radius 1 is 0.936 bits per heavy atom. The van der Waals surface area contributed by atoms with Gasteiger partial charge in [-0.2, -0.15) is 0 Å². The summed E-state index contributed by atoms with van der Waals surface area (Å²) in [6.07, 6.45) is 1.48. The van der Waals surface area contributed by atoms with Gasteiger partial charge < -0.3 is 36.6 Å². The van der Waals surface area contributed by atoms with Gasteiger partial charge in [0.05, 0.1) is 19.2 Å². The smallest absolute Gasteiger partial charge is 0.407 e. The average molecular weight is 659 g/mol. The lowest BCUT2D eigenvalue weighted by atomic mass is 10.0. The highest BCUT2D eigenvalue weighted by atomic mass is 16.5. The Labute approximate surface area is 276 Å². The minimum absolute atomic E-state index is 0.114. The van der Waals surface area contributed by atoms with Crippen molar-refractivity contribution in [3.63, 3.8) is 0 Å². The molecule has 14 nitrogen and oxygen atoms in total. The first kappa shape index (κ1) is 38.7. The van der Waals surface area contributed by atoms with Gasteiger partial charge in [-0.3, -0.25) is 28.8 Å². The summed E-state index contributed by atoms with van der Waals surface area (Å²) < 4.78 is 5.17. The number of rotatable bonds is 18. The molecule has 47 heavy (non-hydrogen) atoms. The van der Waals surface area contributed by atoms with Gasteiger partial charge in [-0.1, -0.05) is 71.4 Å². The third kappa shape index (κ3) is 12.7. The van der Waals surface area contributed by atoms with Crippen LogP contribution in [0.25, 0.3) is 0 Å². The lowest BCUT2D eigenvalue weighted by molar-refractivity contribution is -0.143. The van der Waals surface area contributed by atoms with Gasteiger partial charge in [0, 0.05) is 6.54 Å². The zero-order valence-electron chi connectivity index (χ0n) is 28.0. The van der Waals surface area contributed by atoms with Gasteiger partial charge in [0.2, 0.25) is 29.4 Å². The van der Waals surface area contributed by atoms with Crippen molar-refractivity contribution in [3.8, 4) is 0 Å². The highest BCUT2D eigenvalue weighted by molar-refractivity contribution is 6.38. The van der Waals surface area contributed by atoms with Crippen LogP contribution < -0.4 is 27.0 Å². The Balaban J connectivity index is 1.98. The second-order valence-electron chi connectivity index (χ2n) is 12.5. The van der Waals surface area contributed by atoms with Crippen molar-refractivity contribution < 1.29 is 38.3 Å². The second-order valence-corrected chi connectivity index (χ2v) is 12.5. The fourth-order valence-electron chi connectivity index (χ4n) is 5.12. The van der Waals surface area contributed by atoms with Crippen LogP contribution >= 0.6 is 0 Å². The second kappa shape index (κ2) is 19.2. The van der Waals surface area contributed by atoms with Crippen molar-refractivity contribution in [3.05, 3.63) is 35.9 Å². The van der Waals surface area contributed by atoms with E-state index in [1.165, 1.54) is 4.90 Å². The third-order valence-corrected chi connectivity index (χ3v) is 7.68. The van der Waals surface area contributed by atoms with E-state index < -0.39 is 72.1 Å². The van der Waals surface area contributed by atoms with Crippen molar-refractivity contribution >= 4 is 41.4 Å². The van der Waals surface area contributed by atoms with Crippen LogP contribution in [0.15, 0.2) is 30.3 Å². The lowest BCUT2D eigenvalue weighted by Gasteiger charge is -2.31. The van der Waals surface area contributed by atoms with E-state index in [0.717, 1.165) is 5.56 Å². The molecule has 4 atom stereocenters. The summed E-state index contributed by atoms with van der Waals surface area (Å²) in [5, 5.41) is 9.96. The highest BCUT2D eigenvalue weighted by Gasteiger charge is 2.40. The van der Waals surface area contributed by atoms with Gasteiger partial charge in [0.1, 0.15) is 18.1 Å². The molecule has 2 rings (SSSR count). The largest absolute Gasteiger partial charge is 0.449 e. The molecule has 1 aromatic carbocycles. The minimum Gasteiger partial charge on any atom is -0.449 e. The molecule has 0 bridgehead atoms. The summed E-state index contributed by atoms with van der Waals surface area (Å²) in [4.78, 5) is 90.7. The van der Waals surface area contributed by atoms with Crippen LogP contribution in [-0.4, -0.2) is 90.2 Å². The third-order valence-electron chi connectivity index (χ3n) is 7.68. The molecular formula is C33H50N6O8. The van der Waals surface area contributed by atoms with E-state index in [0.29, 0.717) is 25.7 Å². The molecule has 0 spiro atoms. The number of Topliss-reactive ketones (excluding diaryl/α,β-unsaturated/α-hetero) is 1. The van der Waals surface area contributed by atoms with Crippen LogP contribution in [0.1, 0.15) is 72.3 Å². The monoisotopic (exact) mass is 658 g/mol. The Hall–Kier alpha value is -4.49. The fraction of sp³-hybridized carbons (Fsp3) is 0.606. The molecule has 1 fully saturated rings. The number of nitrogens with one attached hydrogen (secondary N) is 4. The lowest BCUT2D eigenvalue weighted by Crippen LogP contribution is -2.57. The zero-order valence-corrected chi connectivity index (χ0v) is 28.0. The number of hydrogen-bond donors (Lipinski definition) is 5. The van der Waals surface area contributed by atoms with Crippen molar-refractivity contribution in [2.75, 3.05) is 19.7 Å². The van der Waals surface area contributed by atoms with E-state index in [1.807, 2.05) is 44.2 Å². The van der Waals surface area contributed by atoms with Gasteiger partial charge in [-0.25, -0.2) is 4.79 Å². The Morgan fingerprint density at radius 2 is 1.62 bits per heavy atom. The van der Waals surface area contributed by atoms with Gasteiger partial charge in [-0.05, 0) is 49.5 Å². The SMILES string of the molecule is CCCC(NC(=O)[C@@H]1CCCN1C(=O)C(NC(=O)OCC(C)C)C(C)C)C(=O)C(=O)NCC(=O)NC(CCc1ccccc1)C(N)=O. The molecule has 6 amide bonds. The molecule has 1 aromatic rings. The number of ketones is 1. The summed E-state index contributed by atoms with van der Waals surface area (Å²) in [7, 11) is 0. The van der Waals surface area contributed by atoms with Crippen LogP contribution in [0.4, 0.5) is 4.79 Å². The molecular weight excluding hydrogens is 608 g/mol. The summed E-state index contributed by atoms with van der Waals surface area (Å²) in [5.74, 6) is -4.70. The summed E-state index contributed by atoms with van der Waals surface area (Å²) in [6, 6.07) is 5.33. The van der Waals surface area contributed by atoms with Crippen LogP contribution in [0, 0.1) is 11.8 Å². The first-order chi connectivity index (χ1) is 22.2. The summed E-state index contributed by atoms with van der Waals surface area (Å²) in [5.41, 5.74) is 6.40. The molecule has 0 radical (unpaired) electrons. The van der Waals surface area contributed by atoms with Gasteiger partial charge in [0.15, 0.2) is 0 Å². The molecule has 1 aliphatic rings. The number of aryl methyl sites for hydroxylation is 1. The number of primary amides is 1. The molecule has 14 heteroatoms. The van der Waals surface area contributed by atoms with E-state index in [2.05, 4.69) is 21.3 Å². The fourth-order valence-corrected chi connectivity index (χ4v) is 5.12. The Bertz CT molecular complexity index is 1250. The van der Waals surface area contributed by atoms with Crippen LogP contribution in [0.3, 0.4) is 0 Å². The molecule has 6 N–H and O–H groups in total. The van der Waals surface area contributed by atoms with Crippen LogP contribution in [-0.2, 0) is 39.9 Å². The minimum atomic E-state index is -1.19. The van der Waals surface area contributed by atoms with E-state index in [1.54, 1.807) is 20.8 Å². The van der Waals surface area contributed by atoms with Gasteiger partial charge in [0.25, 0.3) is 5.91 Å².